The molecule has 0 amide bonds. The first-order valence-corrected chi connectivity index (χ1v) is 6.44. The lowest BCUT2D eigenvalue weighted by Crippen LogP contribution is -2.36. The molecule has 0 aliphatic carbocycles. The quantitative estimate of drug-likeness (QED) is 0.747. The normalized spacial score (nSPS) is 11.5. The highest BCUT2D eigenvalue weighted by Crippen LogP contribution is 2.32. The molecule has 2 aromatic rings. The van der Waals surface area contributed by atoms with Crippen LogP contribution in [0, 0.1) is 0 Å². The Bertz CT molecular complexity index is 441. The molecule has 4 heteroatoms. The van der Waals surface area contributed by atoms with Gasteiger partial charge in [0.1, 0.15) is 11.4 Å². The van der Waals surface area contributed by atoms with Crippen molar-refractivity contribution in [2.45, 2.75) is 19.6 Å². The number of rotatable bonds is 6. The van der Waals surface area contributed by atoms with Crippen molar-refractivity contribution in [1.82, 2.24) is 9.97 Å². The second kappa shape index (κ2) is 6.41. The Morgan fingerprint density at radius 1 is 0.842 bits per heavy atom. The molecule has 2 aromatic heterocycles. The molecule has 0 radical (unpaired) electrons. The molecular weight excluding hydrogens is 240 g/mol. The molecule has 0 bridgehead atoms. The third kappa shape index (κ3) is 2.80. The fourth-order valence-corrected chi connectivity index (χ4v) is 1.99. The number of nitrogens with zero attached hydrogens (tertiary/aromatic N) is 2. The zero-order valence-corrected chi connectivity index (χ0v) is 11.2. The zero-order chi connectivity index (χ0) is 13.6. The minimum Gasteiger partial charge on any atom is -0.340 e. The summed E-state index contributed by atoms with van der Waals surface area (Å²) in [5.41, 5.74) is 1.41. The van der Waals surface area contributed by atoms with Crippen molar-refractivity contribution in [3.8, 4) is 0 Å². The summed E-state index contributed by atoms with van der Waals surface area (Å²) in [6, 6.07) is 11.3. The molecule has 0 unspecified atom stereocenters. The van der Waals surface area contributed by atoms with Gasteiger partial charge in [0.05, 0.1) is 0 Å². The van der Waals surface area contributed by atoms with Crippen LogP contribution in [0.3, 0.4) is 0 Å². The monoisotopic (exact) mass is 258 g/mol. The number of pyridine rings is 2. The van der Waals surface area contributed by atoms with Crippen LogP contribution < -0.4 is 0 Å². The van der Waals surface area contributed by atoms with Gasteiger partial charge in [0.15, 0.2) is 0 Å². The number of hydrogen-bond acceptors (Lipinski definition) is 4. The standard InChI is InChI=1S/C15H18N2O2/c1-3-18-15(19-4-2,13-9-5-7-11-16-13)14-10-6-8-12-17-14/h5-12H,3-4H2,1-2H3. The zero-order valence-electron chi connectivity index (χ0n) is 11.2. The Hall–Kier alpha value is -1.78. The molecule has 19 heavy (non-hydrogen) atoms. The summed E-state index contributed by atoms with van der Waals surface area (Å²) < 4.78 is 11.8. The average Bonchev–Trinajstić information content (AvgIpc) is 2.49. The second-order valence-corrected chi connectivity index (χ2v) is 3.91. The Labute approximate surface area is 113 Å². The Balaban J connectivity index is 2.54. The van der Waals surface area contributed by atoms with Crippen molar-refractivity contribution in [2.75, 3.05) is 13.2 Å². The molecule has 4 nitrogen and oxygen atoms in total. The van der Waals surface area contributed by atoms with Crippen LogP contribution in [-0.4, -0.2) is 23.2 Å². The van der Waals surface area contributed by atoms with E-state index in [0.717, 1.165) is 0 Å². The van der Waals surface area contributed by atoms with Crippen molar-refractivity contribution in [1.29, 1.82) is 0 Å². The van der Waals surface area contributed by atoms with Crippen LogP contribution in [0.5, 0.6) is 0 Å². The van der Waals surface area contributed by atoms with Crippen LogP contribution in [-0.2, 0) is 15.3 Å². The van der Waals surface area contributed by atoms with Crippen molar-refractivity contribution >= 4 is 0 Å². The predicted octanol–water partition coefficient (Wildman–Crippen LogP) is 2.75. The molecule has 2 heterocycles. The molecule has 0 saturated heterocycles. The van der Waals surface area contributed by atoms with Crippen LogP contribution in [0.2, 0.25) is 0 Å². The molecule has 2 rings (SSSR count). The maximum atomic E-state index is 5.89. The van der Waals surface area contributed by atoms with Gasteiger partial charge in [-0.15, -0.1) is 0 Å². The lowest BCUT2D eigenvalue weighted by Gasteiger charge is -2.31. The van der Waals surface area contributed by atoms with E-state index in [4.69, 9.17) is 9.47 Å². The van der Waals surface area contributed by atoms with Crippen LogP contribution in [0.25, 0.3) is 0 Å². The first-order valence-electron chi connectivity index (χ1n) is 6.44. The topological polar surface area (TPSA) is 44.2 Å². The molecular formula is C15H18N2O2. The molecule has 0 N–H and O–H groups in total. The van der Waals surface area contributed by atoms with Crippen molar-refractivity contribution in [3.63, 3.8) is 0 Å². The predicted molar refractivity (Wildman–Crippen MR) is 72.5 cm³/mol. The van der Waals surface area contributed by atoms with E-state index in [2.05, 4.69) is 9.97 Å². The van der Waals surface area contributed by atoms with E-state index in [0.29, 0.717) is 24.6 Å². The van der Waals surface area contributed by atoms with E-state index in [1.165, 1.54) is 0 Å². The molecule has 0 spiro atoms. The van der Waals surface area contributed by atoms with E-state index in [1.54, 1.807) is 12.4 Å². The van der Waals surface area contributed by atoms with E-state index in [1.807, 2.05) is 50.2 Å². The van der Waals surface area contributed by atoms with Gasteiger partial charge in [-0.2, -0.15) is 0 Å². The van der Waals surface area contributed by atoms with Crippen LogP contribution in [0.4, 0.5) is 0 Å². The van der Waals surface area contributed by atoms with Crippen molar-refractivity contribution in [2.24, 2.45) is 0 Å². The summed E-state index contributed by atoms with van der Waals surface area (Å²) in [5, 5.41) is 0. The minimum atomic E-state index is -1.04. The van der Waals surface area contributed by atoms with Gasteiger partial charge in [-0.25, -0.2) is 0 Å². The van der Waals surface area contributed by atoms with Gasteiger partial charge in [-0.1, -0.05) is 12.1 Å². The van der Waals surface area contributed by atoms with Gasteiger partial charge in [-0.3, -0.25) is 9.97 Å². The van der Waals surface area contributed by atoms with Gasteiger partial charge < -0.3 is 9.47 Å². The summed E-state index contributed by atoms with van der Waals surface area (Å²) in [7, 11) is 0. The second-order valence-electron chi connectivity index (χ2n) is 3.91. The smallest absolute Gasteiger partial charge is 0.257 e. The Kier molecular flexibility index (Phi) is 4.60. The Morgan fingerprint density at radius 3 is 1.63 bits per heavy atom. The first-order chi connectivity index (χ1) is 9.33. The summed E-state index contributed by atoms with van der Waals surface area (Å²) in [5.74, 6) is -1.04. The van der Waals surface area contributed by atoms with Crippen molar-refractivity contribution < 1.29 is 9.47 Å². The molecule has 0 aliphatic rings. The fraction of sp³-hybridized carbons (Fsp3) is 0.333. The van der Waals surface area contributed by atoms with Gasteiger partial charge in [0, 0.05) is 25.6 Å². The highest BCUT2D eigenvalue weighted by molar-refractivity contribution is 5.24. The number of aromatic nitrogens is 2. The van der Waals surface area contributed by atoms with E-state index in [-0.39, 0.29) is 0 Å². The molecule has 100 valence electrons. The third-order valence-corrected chi connectivity index (χ3v) is 2.70. The minimum absolute atomic E-state index is 0.507. The van der Waals surface area contributed by atoms with Crippen LogP contribution >= 0.6 is 0 Å². The van der Waals surface area contributed by atoms with E-state index >= 15 is 0 Å². The SMILES string of the molecule is CCOC(OCC)(c1ccccn1)c1ccccn1. The van der Waals surface area contributed by atoms with Crippen molar-refractivity contribution in [3.05, 3.63) is 60.2 Å². The largest absolute Gasteiger partial charge is 0.340 e. The lowest BCUT2D eigenvalue weighted by atomic mass is 10.1. The first kappa shape index (κ1) is 13.6. The van der Waals surface area contributed by atoms with Crippen LogP contribution in [0.15, 0.2) is 48.8 Å². The number of hydrogen-bond donors (Lipinski definition) is 0. The molecule has 0 aromatic carbocycles. The van der Waals surface area contributed by atoms with Gasteiger partial charge in [-0.05, 0) is 38.1 Å². The van der Waals surface area contributed by atoms with Gasteiger partial charge in [0.25, 0.3) is 5.79 Å². The summed E-state index contributed by atoms with van der Waals surface area (Å²) >= 11 is 0. The maximum Gasteiger partial charge on any atom is 0.257 e. The highest BCUT2D eigenvalue weighted by atomic mass is 16.7. The third-order valence-electron chi connectivity index (χ3n) is 2.70. The van der Waals surface area contributed by atoms with Crippen LogP contribution in [0.1, 0.15) is 25.2 Å². The summed E-state index contributed by atoms with van der Waals surface area (Å²) in [6.07, 6.45) is 3.45. The highest BCUT2D eigenvalue weighted by Gasteiger charge is 2.39. The average molecular weight is 258 g/mol. The molecule has 0 fully saturated rings. The van der Waals surface area contributed by atoms with E-state index in [9.17, 15) is 0 Å². The lowest BCUT2D eigenvalue weighted by molar-refractivity contribution is -0.217. The number of ether oxygens (including phenoxy) is 2. The van der Waals surface area contributed by atoms with Gasteiger partial charge in [0.2, 0.25) is 0 Å². The summed E-state index contributed by atoms with van der Waals surface area (Å²) in [4.78, 5) is 8.75. The van der Waals surface area contributed by atoms with E-state index < -0.39 is 5.79 Å². The fourth-order valence-electron chi connectivity index (χ4n) is 1.99. The molecule has 0 atom stereocenters. The maximum absolute atomic E-state index is 5.89. The Morgan fingerprint density at radius 2 is 1.32 bits per heavy atom. The summed E-state index contributed by atoms with van der Waals surface area (Å²) in [6.45, 7) is 4.87. The molecule has 0 saturated carbocycles. The molecule has 0 aliphatic heterocycles. The van der Waals surface area contributed by atoms with Gasteiger partial charge >= 0.3 is 0 Å².